The van der Waals surface area contributed by atoms with Gasteiger partial charge in [0.1, 0.15) is 0 Å². The highest BCUT2D eigenvalue weighted by Gasteiger charge is 2.21. The van der Waals surface area contributed by atoms with Crippen molar-refractivity contribution in [3.05, 3.63) is 11.8 Å². The largest absolute Gasteiger partial charge is 0.528 e. The summed E-state index contributed by atoms with van der Waals surface area (Å²) in [5.41, 5.74) is 0.888. The van der Waals surface area contributed by atoms with Crippen molar-refractivity contribution >= 4 is 7.82 Å². The first-order valence-corrected chi connectivity index (χ1v) is 4.53. The molecule has 11 heavy (non-hydrogen) atoms. The van der Waals surface area contributed by atoms with Crippen molar-refractivity contribution in [2.75, 3.05) is 14.2 Å². The monoisotopic (exact) mass is 180 g/mol. The number of hydrogen-bond donors (Lipinski definition) is 0. The summed E-state index contributed by atoms with van der Waals surface area (Å²) in [4.78, 5) is 0. The molecule has 4 nitrogen and oxygen atoms in total. The van der Waals surface area contributed by atoms with Gasteiger partial charge in [0.05, 0.1) is 6.26 Å². The van der Waals surface area contributed by atoms with Gasteiger partial charge in [-0.25, -0.2) is 4.57 Å². The number of rotatable bonds is 4. The zero-order valence-corrected chi connectivity index (χ0v) is 8.05. The van der Waals surface area contributed by atoms with Crippen molar-refractivity contribution in [2.45, 2.75) is 13.8 Å². The Morgan fingerprint density at radius 2 is 1.73 bits per heavy atom. The smallest absolute Gasteiger partial charge is 0.412 e. The maximum atomic E-state index is 11.1. The molecule has 0 aliphatic carbocycles. The molecule has 0 N–H and O–H groups in total. The van der Waals surface area contributed by atoms with Gasteiger partial charge in [0.25, 0.3) is 0 Å². The van der Waals surface area contributed by atoms with E-state index in [1.807, 2.05) is 13.8 Å². The van der Waals surface area contributed by atoms with E-state index in [0.717, 1.165) is 5.57 Å². The van der Waals surface area contributed by atoms with Crippen LogP contribution in [0.25, 0.3) is 0 Å². The normalized spacial score (nSPS) is 10.9. The van der Waals surface area contributed by atoms with Crippen LogP contribution < -0.4 is 0 Å². The molecular formula is C6H13O4P. The van der Waals surface area contributed by atoms with Gasteiger partial charge in [0, 0.05) is 14.2 Å². The molecule has 0 aliphatic rings. The molecule has 0 amide bonds. The molecule has 0 spiro atoms. The minimum Gasteiger partial charge on any atom is -0.412 e. The third-order valence-corrected chi connectivity index (χ3v) is 2.12. The van der Waals surface area contributed by atoms with Gasteiger partial charge in [-0.1, -0.05) is 0 Å². The average Bonchev–Trinajstić information content (AvgIpc) is 2.00. The molecule has 0 bridgehead atoms. The van der Waals surface area contributed by atoms with Crippen LogP contribution in [0.3, 0.4) is 0 Å². The summed E-state index contributed by atoms with van der Waals surface area (Å²) in [5, 5.41) is 0. The van der Waals surface area contributed by atoms with Crippen molar-refractivity contribution in [3.63, 3.8) is 0 Å². The van der Waals surface area contributed by atoms with Crippen molar-refractivity contribution < 1.29 is 18.1 Å². The van der Waals surface area contributed by atoms with Crippen LogP contribution in [-0.4, -0.2) is 14.2 Å². The lowest BCUT2D eigenvalue weighted by Crippen LogP contribution is -1.89. The summed E-state index contributed by atoms with van der Waals surface area (Å²) < 4.78 is 24.9. The van der Waals surface area contributed by atoms with Crippen molar-refractivity contribution in [3.8, 4) is 0 Å². The summed E-state index contributed by atoms with van der Waals surface area (Å²) >= 11 is 0. The predicted octanol–water partition coefficient (Wildman–Crippen LogP) is 2.33. The summed E-state index contributed by atoms with van der Waals surface area (Å²) in [5.74, 6) is 0. The Morgan fingerprint density at radius 1 is 1.27 bits per heavy atom. The number of allylic oxidation sites excluding steroid dienone is 1. The molecule has 5 heteroatoms. The third kappa shape index (κ3) is 4.19. The van der Waals surface area contributed by atoms with Crippen LogP contribution in [0.15, 0.2) is 11.8 Å². The highest BCUT2D eigenvalue weighted by molar-refractivity contribution is 7.48. The van der Waals surface area contributed by atoms with E-state index in [4.69, 9.17) is 4.52 Å². The quantitative estimate of drug-likeness (QED) is 0.492. The predicted molar refractivity (Wildman–Crippen MR) is 42.1 cm³/mol. The van der Waals surface area contributed by atoms with Crippen LogP contribution >= 0.6 is 7.82 Å². The Bertz CT molecular complexity index is 175. The lowest BCUT2D eigenvalue weighted by atomic mass is 10.4. The van der Waals surface area contributed by atoms with Gasteiger partial charge in [-0.05, 0) is 19.4 Å². The number of phosphoric ester groups is 1. The Hall–Kier alpha value is -0.310. The Morgan fingerprint density at radius 3 is 2.00 bits per heavy atom. The van der Waals surface area contributed by atoms with Crippen LogP contribution in [0, 0.1) is 0 Å². The molecule has 0 radical (unpaired) electrons. The molecule has 0 aromatic rings. The molecule has 0 saturated carbocycles. The molecular weight excluding hydrogens is 167 g/mol. The van der Waals surface area contributed by atoms with Gasteiger partial charge in [-0.15, -0.1) is 0 Å². The second-order valence-corrected chi connectivity index (χ2v) is 3.95. The van der Waals surface area contributed by atoms with E-state index in [1.165, 1.54) is 20.5 Å². The first-order valence-electron chi connectivity index (χ1n) is 3.07. The average molecular weight is 180 g/mol. The first-order chi connectivity index (χ1) is 5.04. The molecule has 0 fully saturated rings. The SMILES string of the molecule is COP(=O)(OC)OC=C(C)C. The molecule has 0 unspecified atom stereocenters. The third-order valence-electron chi connectivity index (χ3n) is 0.865. The van der Waals surface area contributed by atoms with Crippen LogP contribution in [0.4, 0.5) is 0 Å². The van der Waals surface area contributed by atoms with Crippen LogP contribution in [0.1, 0.15) is 13.8 Å². The summed E-state index contributed by atoms with van der Waals surface area (Å²) in [7, 11) is -0.777. The molecule has 0 heterocycles. The Labute approximate surface area is 66.8 Å². The van der Waals surface area contributed by atoms with E-state index in [1.54, 1.807) is 0 Å². The first kappa shape index (κ1) is 10.7. The van der Waals surface area contributed by atoms with E-state index in [9.17, 15) is 4.57 Å². The lowest BCUT2D eigenvalue weighted by Gasteiger charge is -2.10. The van der Waals surface area contributed by atoms with Crippen LogP contribution in [0.2, 0.25) is 0 Å². The van der Waals surface area contributed by atoms with E-state index in [-0.39, 0.29) is 0 Å². The van der Waals surface area contributed by atoms with E-state index in [0.29, 0.717) is 0 Å². The second kappa shape index (κ2) is 4.54. The minimum atomic E-state index is -3.31. The standard InChI is InChI=1S/C6H13O4P/c1-6(2)5-10-11(7,8-3)9-4/h5H,1-4H3. The highest BCUT2D eigenvalue weighted by Crippen LogP contribution is 2.47. The van der Waals surface area contributed by atoms with Crippen molar-refractivity contribution in [2.24, 2.45) is 0 Å². The van der Waals surface area contributed by atoms with E-state index >= 15 is 0 Å². The molecule has 0 atom stereocenters. The second-order valence-electron chi connectivity index (χ2n) is 2.11. The molecule has 0 saturated heterocycles. The maximum absolute atomic E-state index is 11.1. The fourth-order valence-electron chi connectivity index (χ4n) is 0.331. The Kier molecular flexibility index (Phi) is 4.42. The van der Waals surface area contributed by atoms with Gasteiger partial charge in [-0.2, -0.15) is 0 Å². The minimum absolute atomic E-state index is 0.888. The summed E-state index contributed by atoms with van der Waals surface area (Å²) in [6, 6.07) is 0. The van der Waals surface area contributed by atoms with Gasteiger partial charge >= 0.3 is 7.82 Å². The molecule has 0 rings (SSSR count). The maximum Gasteiger partial charge on any atom is 0.528 e. The number of hydrogen-bond acceptors (Lipinski definition) is 4. The zero-order chi connectivity index (χ0) is 8.91. The van der Waals surface area contributed by atoms with Gasteiger partial charge in [-0.3, -0.25) is 9.05 Å². The fraction of sp³-hybridized carbons (Fsp3) is 0.667. The Balaban J connectivity index is 4.10. The summed E-state index contributed by atoms with van der Waals surface area (Å²) in [6.45, 7) is 3.63. The van der Waals surface area contributed by atoms with Crippen molar-refractivity contribution in [1.82, 2.24) is 0 Å². The van der Waals surface area contributed by atoms with Gasteiger partial charge < -0.3 is 4.52 Å². The zero-order valence-electron chi connectivity index (χ0n) is 7.16. The van der Waals surface area contributed by atoms with Crippen LogP contribution in [-0.2, 0) is 18.1 Å². The van der Waals surface area contributed by atoms with Crippen LogP contribution in [0.5, 0.6) is 0 Å². The lowest BCUT2D eigenvalue weighted by molar-refractivity contribution is 0.193. The fourth-order valence-corrected chi connectivity index (χ4v) is 0.992. The summed E-state index contributed by atoms with van der Waals surface area (Å²) in [6.07, 6.45) is 1.34. The topological polar surface area (TPSA) is 44.8 Å². The number of phosphoric acid groups is 1. The van der Waals surface area contributed by atoms with E-state index in [2.05, 4.69) is 9.05 Å². The van der Waals surface area contributed by atoms with Crippen molar-refractivity contribution in [1.29, 1.82) is 0 Å². The van der Waals surface area contributed by atoms with Gasteiger partial charge in [0.15, 0.2) is 0 Å². The molecule has 0 aromatic heterocycles. The molecule has 0 aliphatic heterocycles. The van der Waals surface area contributed by atoms with E-state index < -0.39 is 7.82 Å². The molecule has 66 valence electrons. The molecule has 0 aromatic carbocycles. The highest BCUT2D eigenvalue weighted by atomic mass is 31.2. The van der Waals surface area contributed by atoms with Gasteiger partial charge in [0.2, 0.25) is 0 Å².